The largest absolute Gasteiger partial charge is 0.390 e. The zero-order valence-electron chi connectivity index (χ0n) is 15.2. The second-order valence-corrected chi connectivity index (χ2v) is 6.99. The summed E-state index contributed by atoms with van der Waals surface area (Å²) in [5.74, 6) is 0.527. The van der Waals surface area contributed by atoms with Gasteiger partial charge in [0.2, 0.25) is 0 Å². The number of carbonyl (C=O) groups excluding carboxylic acids is 1. The third-order valence-electron chi connectivity index (χ3n) is 4.01. The van der Waals surface area contributed by atoms with E-state index < -0.39 is 6.10 Å². The van der Waals surface area contributed by atoms with E-state index in [1.165, 1.54) is 11.8 Å². The predicted octanol–water partition coefficient (Wildman–Crippen LogP) is 1.87. The third kappa shape index (κ3) is 4.44. The molecule has 3 rings (SSSR count). The highest BCUT2D eigenvalue weighted by molar-refractivity contribution is 7.99. The molecule has 0 aromatic carbocycles. The van der Waals surface area contributed by atoms with Crippen LogP contribution in [0.5, 0.6) is 0 Å². The summed E-state index contributed by atoms with van der Waals surface area (Å²) in [6.07, 6.45) is 4.37. The first kappa shape index (κ1) is 19.3. The number of carbonyl (C=O) groups is 1. The van der Waals surface area contributed by atoms with Crippen LogP contribution in [0.3, 0.4) is 0 Å². The Morgan fingerprint density at radius 3 is 2.89 bits per heavy atom. The van der Waals surface area contributed by atoms with Crippen LogP contribution in [-0.2, 0) is 6.42 Å². The summed E-state index contributed by atoms with van der Waals surface area (Å²) in [5.41, 5.74) is 1.97. The minimum Gasteiger partial charge on any atom is -0.390 e. The zero-order valence-corrected chi connectivity index (χ0v) is 16.0. The van der Waals surface area contributed by atoms with Gasteiger partial charge in [0, 0.05) is 41.6 Å². The number of anilines is 1. The Morgan fingerprint density at radius 2 is 2.22 bits per heavy atom. The minimum absolute atomic E-state index is 0.300. The Bertz CT molecular complexity index is 915. The highest BCUT2D eigenvalue weighted by Crippen LogP contribution is 2.31. The fourth-order valence-electron chi connectivity index (χ4n) is 2.76. The Hall–Kier alpha value is -2.49. The van der Waals surface area contributed by atoms with E-state index in [2.05, 4.69) is 30.6 Å². The van der Waals surface area contributed by atoms with E-state index in [0.29, 0.717) is 47.1 Å². The standard InChI is InChI=1S/C18H22N6O2S/c1-3-14-13(10-25)15-16(21-8-11(26)7-19-2)23-18(24-17(15)22-14)27-12-5-4-6-20-9-12/h4-6,9-11,19,26H,3,7-8H2,1-2H3,(H2,21,22,23,24). The smallest absolute Gasteiger partial charge is 0.196 e. The van der Waals surface area contributed by atoms with Crippen LogP contribution in [-0.4, -0.2) is 57.6 Å². The quantitative estimate of drug-likeness (QED) is 0.325. The second-order valence-electron chi connectivity index (χ2n) is 5.95. The molecule has 0 saturated heterocycles. The monoisotopic (exact) mass is 386 g/mol. The molecule has 1 unspecified atom stereocenters. The fourth-order valence-corrected chi connectivity index (χ4v) is 3.51. The number of hydrogen-bond acceptors (Lipinski definition) is 8. The van der Waals surface area contributed by atoms with Gasteiger partial charge in [-0.25, -0.2) is 9.97 Å². The maximum absolute atomic E-state index is 11.7. The Labute approximate surface area is 161 Å². The molecule has 0 aliphatic rings. The van der Waals surface area contributed by atoms with Gasteiger partial charge in [-0.15, -0.1) is 0 Å². The van der Waals surface area contributed by atoms with Crippen LogP contribution >= 0.6 is 11.8 Å². The van der Waals surface area contributed by atoms with Gasteiger partial charge in [0.05, 0.1) is 11.5 Å². The van der Waals surface area contributed by atoms with Gasteiger partial charge in [-0.2, -0.15) is 0 Å². The van der Waals surface area contributed by atoms with Crippen LogP contribution in [0.1, 0.15) is 23.0 Å². The van der Waals surface area contributed by atoms with Crippen molar-refractivity contribution in [3.8, 4) is 0 Å². The van der Waals surface area contributed by atoms with Gasteiger partial charge < -0.3 is 20.7 Å². The molecular weight excluding hydrogens is 364 g/mol. The van der Waals surface area contributed by atoms with Crippen molar-refractivity contribution in [1.29, 1.82) is 0 Å². The van der Waals surface area contributed by atoms with E-state index >= 15 is 0 Å². The maximum Gasteiger partial charge on any atom is 0.196 e. The number of fused-ring (bicyclic) bond motifs is 1. The summed E-state index contributed by atoms with van der Waals surface area (Å²) < 4.78 is 0. The molecule has 3 heterocycles. The second kappa shape index (κ2) is 8.94. The number of pyridine rings is 1. The molecule has 0 aliphatic carbocycles. The molecule has 3 aromatic rings. The summed E-state index contributed by atoms with van der Waals surface area (Å²) in [7, 11) is 1.78. The number of rotatable bonds is 9. The lowest BCUT2D eigenvalue weighted by Gasteiger charge is -2.13. The van der Waals surface area contributed by atoms with Crippen LogP contribution in [0.4, 0.5) is 5.82 Å². The minimum atomic E-state index is -0.585. The molecule has 8 nitrogen and oxygen atoms in total. The maximum atomic E-state index is 11.7. The number of nitrogens with one attached hydrogen (secondary N) is 3. The van der Waals surface area contributed by atoms with Crippen molar-refractivity contribution < 1.29 is 9.90 Å². The molecule has 142 valence electrons. The van der Waals surface area contributed by atoms with Crippen LogP contribution in [0.2, 0.25) is 0 Å². The van der Waals surface area contributed by atoms with E-state index in [-0.39, 0.29) is 0 Å². The van der Waals surface area contributed by atoms with Crippen molar-refractivity contribution >= 4 is 34.9 Å². The fraction of sp³-hybridized carbons (Fsp3) is 0.333. The van der Waals surface area contributed by atoms with Gasteiger partial charge >= 0.3 is 0 Å². The average Bonchev–Trinajstić information content (AvgIpc) is 3.05. The van der Waals surface area contributed by atoms with Crippen molar-refractivity contribution in [3.05, 3.63) is 35.8 Å². The summed E-state index contributed by atoms with van der Waals surface area (Å²) in [6.45, 7) is 2.72. The molecule has 0 radical (unpaired) electrons. The number of hydrogen-bond donors (Lipinski definition) is 4. The number of likely N-dealkylation sites (N-methyl/N-ethyl adjacent to an activating group) is 1. The lowest BCUT2D eigenvalue weighted by atomic mass is 10.1. The number of aromatic nitrogens is 4. The molecular formula is C18H22N6O2S. The highest BCUT2D eigenvalue weighted by atomic mass is 32.2. The van der Waals surface area contributed by atoms with Gasteiger partial charge in [0.15, 0.2) is 11.4 Å². The molecule has 0 spiro atoms. The van der Waals surface area contributed by atoms with Crippen molar-refractivity contribution in [2.75, 3.05) is 25.5 Å². The van der Waals surface area contributed by atoms with E-state index in [9.17, 15) is 9.90 Å². The molecule has 0 fully saturated rings. The third-order valence-corrected chi connectivity index (χ3v) is 4.85. The number of aliphatic hydroxyl groups excluding tert-OH is 1. The number of aliphatic hydroxyl groups is 1. The van der Waals surface area contributed by atoms with Crippen molar-refractivity contribution in [3.63, 3.8) is 0 Å². The van der Waals surface area contributed by atoms with Crippen molar-refractivity contribution in [1.82, 2.24) is 25.3 Å². The first-order valence-corrected chi connectivity index (χ1v) is 9.50. The molecule has 1 atom stereocenters. The van der Waals surface area contributed by atoms with Gasteiger partial charge in [-0.1, -0.05) is 6.92 Å². The van der Waals surface area contributed by atoms with E-state index in [4.69, 9.17) is 0 Å². The number of nitrogens with zero attached hydrogens (tertiary/aromatic N) is 3. The molecule has 4 N–H and O–H groups in total. The normalized spacial score (nSPS) is 12.3. The van der Waals surface area contributed by atoms with Gasteiger partial charge in [-0.3, -0.25) is 9.78 Å². The molecule has 0 amide bonds. The molecule has 9 heteroatoms. The zero-order chi connectivity index (χ0) is 19.2. The summed E-state index contributed by atoms with van der Waals surface area (Å²) in [5, 5.41) is 17.3. The summed E-state index contributed by atoms with van der Waals surface area (Å²) >= 11 is 1.38. The topological polar surface area (TPSA) is 116 Å². The van der Waals surface area contributed by atoms with Crippen LogP contribution in [0.25, 0.3) is 11.0 Å². The van der Waals surface area contributed by atoms with Gasteiger partial charge in [0.1, 0.15) is 11.5 Å². The van der Waals surface area contributed by atoms with Crippen LogP contribution in [0, 0.1) is 0 Å². The number of aldehydes is 1. The van der Waals surface area contributed by atoms with E-state index in [1.54, 1.807) is 19.4 Å². The van der Waals surface area contributed by atoms with Crippen LogP contribution in [0.15, 0.2) is 34.6 Å². The number of aryl methyl sites for hydroxylation is 1. The predicted molar refractivity (Wildman–Crippen MR) is 105 cm³/mol. The highest BCUT2D eigenvalue weighted by Gasteiger charge is 2.18. The first-order valence-electron chi connectivity index (χ1n) is 8.68. The van der Waals surface area contributed by atoms with E-state index in [0.717, 1.165) is 16.9 Å². The molecule has 0 saturated carbocycles. The Morgan fingerprint density at radius 1 is 1.37 bits per heavy atom. The summed E-state index contributed by atoms with van der Waals surface area (Å²) in [4.78, 5) is 29.0. The first-order chi connectivity index (χ1) is 13.2. The van der Waals surface area contributed by atoms with Crippen molar-refractivity contribution in [2.45, 2.75) is 29.5 Å². The van der Waals surface area contributed by atoms with Gasteiger partial charge in [0.25, 0.3) is 0 Å². The molecule has 3 aromatic heterocycles. The van der Waals surface area contributed by atoms with E-state index in [1.807, 2.05) is 19.1 Å². The van der Waals surface area contributed by atoms with Crippen LogP contribution < -0.4 is 10.6 Å². The molecule has 0 bridgehead atoms. The average molecular weight is 386 g/mol. The SMILES string of the molecule is CCc1[nH]c2nc(Sc3cccnc3)nc(NCC(O)CNC)c2c1C=O. The number of H-pyrrole nitrogens is 1. The number of aromatic amines is 1. The lowest BCUT2D eigenvalue weighted by Crippen LogP contribution is -2.30. The molecule has 27 heavy (non-hydrogen) atoms. The Balaban J connectivity index is 2.01. The summed E-state index contributed by atoms with van der Waals surface area (Å²) in [6, 6.07) is 3.78. The lowest BCUT2D eigenvalue weighted by molar-refractivity contribution is 0.112. The van der Waals surface area contributed by atoms with Crippen molar-refractivity contribution in [2.24, 2.45) is 0 Å². The molecule has 0 aliphatic heterocycles. The van der Waals surface area contributed by atoms with Gasteiger partial charge in [-0.05, 0) is 37.4 Å². The Kier molecular flexibility index (Phi) is 6.38.